The topological polar surface area (TPSA) is 78.9 Å². The number of benzene rings is 1. The molecular formula is C19H24N2O4. The molecule has 3 atom stereocenters. The van der Waals surface area contributed by atoms with Crippen LogP contribution in [0.4, 0.5) is 5.69 Å². The monoisotopic (exact) mass is 344 g/mol. The van der Waals surface area contributed by atoms with Crippen LogP contribution in [-0.4, -0.2) is 53.7 Å². The maximum atomic E-state index is 12.9. The van der Waals surface area contributed by atoms with Crippen molar-refractivity contribution in [2.45, 2.75) is 44.2 Å². The van der Waals surface area contributed by atoms with Crippen LogP contribution in [-0.2, 0) is 27.2 Å². The smallest absolute Gasteiger partial charge is 0.228 e. The van der Waals surface area contributed by atoms with Gasteiger partial charge in [0.1, 0.15) is 0 Å². The molecule has 4 rings (SSSR count). The number of ether oxygens (including phenoxy) is 1. The molecule has 2 aliphatic heterocycles. The molecular weight excluding hydrogens is 320 g/mol. The Morgan fingerprint density at radius 3 is 3.04 bits per heavy atom. The zero-order valence-electron chi connectivity index (χ0n) is 14.2. The van der Waals surface area contributed by atoms with Crippen molar-refractivity contribution >= 4 is 17.5 Å². The molecule has 0 radical (unpaired) electrons. The lowest BCUT2D eigenvalue weighted by Gasteiger charge is -2.40. The van der Waals surface area contributed by atoms with Crippen LogP contribution in [0.5, 0.6) is 0 Å². The number of hydrogen-bond donors (Lipinski definition) is 2. The molecule has 2 N–H and O–H groups in total. The average Bonchev–Trinajstić information content (AvgIpc) is 3.19. The van der Waals surface area contributed by atoms with Crippen molar-refractivity contribution in [1.82, 2.24) is 4.90 Å². The van der Waals surface area contributed by atoms with Crippen LogP contribution >= 0.6 is 0 Å². The fraction of sp³-hybridized carbons (Fsp3) is 0.579. The summed E-state index contributed by atoms with van der Waals surface area (Å²) < 4.78 is 5.59. The highest BCUT2D eigenvalue weighted by Gasteiger charge is 2.39. The molecule has 2 fully saturated rings. The predicted octanol–water partition coefficient (Wildman–Crippen LogP) is 1.11. The van der Waals surface area contributed by atoms with Crippen molar-refractivity contribution in [2.24, 2.45) is 5.92 Å². The molecule has 3 aliphatic rings. The van der Waals surface area contributed by atoms with Gasteiger partial charge in [-0.1, -0.05) is 18.6 Å². The number of carbonyl (C=O) groups is 2. The Morgan fingerprint density at radius 2 is 2.24 bits per heavy atom. The summed E-state index contributed by atoms with van der Waals surface area (Å²) in [5.41, 5.74) is 2.71. The van der Waals surface area contributed by atoms with E-state index in [0.29, 0.717) is 32.6 Å². The van der Waals surface area contributed by atoms with E-state index in [1.54, 1.807) is 0 Å². The van der Waals surface area contributed by atoms with E-state index >= 15 is 0 Å². The fourth-order valence-corrected chi connectivity index (χ4v) is 4.35. The van der Waals surface area contributed by atoms with Crippen LogP contribution in [0.25, 0.3) is 0 Å². The number of morpholine rings is 1. The van der Waals surface area contributed by atoms with Crippen molar-refractivity contribution in [3.05, 3.63) is 29.3 Å². The van der Waals surface area contributed by atoms with E-state index in [1.807, 2.05) is 23.1 Å². The van der Waals surface area contributed by atoms with E-state index in [2.05, 4.69) is 5.32 Å². The number of nitrogens with zero attached hydrogens (tertiary/aromatic N) is 1. The summed E-state index contributed by atoms with van der Waals surface area (Å²) in [4.78, 5) is 26.3. The van der Waals surface area contributed by atoms with Crippen molar-refractivity contribution in [2.75, 3.05) is 25.1 Å². The first-order valence-corrected chi connectivity index (χ1v) is 9.09. The zero-order valence-corrected chi connectivity index (χ0v) is 14.2. The summed E-state index contributed by atoms with van der Waals surface area (Å²) in [5.74, 6) is 0.183. The maximum Gasteiger partial charge on any atom is 0.228 e. The number of hydrogen-bond acceptors (Lipinski definition) is 4. The largest absolute Gasteiger partial charge is 0.393 e. The zero-order chi connectivity index (χ0) is 17.4. The second kappa shape index (κ2) is 6.77. The molecule has 1 aromatic carbocycles. The Balaban J connectivity index is 1.47. The molecule has 0 bridgehead atoms. The number of nitrogens with one attached hydrogen (secondary N) is 1. The average molecular weight is 344 g/mol. The second-order valence-corrected chi connectivity index (χ2v) is 7.28. The highest BCUT2D eigenvalue weighted by atomic mass is 16.5. The predicted molar refractivity (Wildman–Crippen MR) is 92.1 cm³/mol. The summed E-state index contributed by atoms with van der Waals surface area (Å²) in [7, 11) is 0. The van der Waals surface area contributed by atoms with E-state index in [0.717, 1.165) is 36.1 Å². The lowest BCUT2D eigenvalue weighted by Crippen LogP contribution is -2.54. The van der Waals surface area contributed by atoms with Crippen LogP contribution in [0, 0.1) is 5.92 Å². The van der Waals surface area contributed by atoms with Gasteiger partial charge in [0.05, 0.1) is 38.2 Å². The molecule has 3 unspecified atom stereocenters. The molecule has 6 nitrogen and oxygen atoms in total. The van der Waals surface area contributed by atoms with Gasteiger partial charge >= 0.3 is 0 Å². The van der Waals surface area contributed by atoms with Crippen molar-refractivity contribution in [3.8, 4) is 0 Å². The molecule has 1 aliphatic carbocycles. The minimum atomic E-state index is -0.336. The van der Waals surface area contributed by atoms with Gasteiger partial charge in [0.15, 0.2) is 0 Å². The SMILES string of the molecule is O=C1Cc2ccc(CC(=O)N3CCOCC3C3CCCC3O)cc2N1. The van der Waals surface area contributed by atoms with E-state index in [4.69, 9.17) is 4.74 Å². The van der Waals surface area contributed by atoms with E-state index in [1.165, 1.54) is 0 Å². The molecule has 134 valence electrons. The van der Waals surface area contributed by atoms with E-state index in [9.17, 15) is 14.7 Å². The number of anilines is 1. The first-order chi connectivity index (χ1) is 12.1. The molecule has 0 spiro atoms. The number of rotatable bonds is 3. The van der Waals surface area contributed by atoms with Crippen LogP contribution in [0.1, 0.15) is 30.4 Å². The van der Waals surface area contributed by atoms with Crippen molar-refractivity contribution in [1.29, 1.82) is 0 Å². The standard InChI is InChI=1S/C19H24N2O4/c22-17-3-1-2-14(17)16-11-25-7-6-21(16)19(24)9-12-4-5-13-10-18(23)20-15(13)8-12/h4-5,8,14,16-17,22H,1-3,6-7,9-11H2,(H,20,23). The van der Waals surface area contributed by atoms with Gasteiger partial charge in [0.2, 0.25) is 11.8 Å². The van der Waals surface area contributed by atoms with E-state index in [-0.39, 0.29) is 29.9 Å². The van der Waals surface area contributed by atoms with Crippen LogP contribution in [0.2, 0.25) is 0 Å². The minimum Gasteiger partial charge on any atom is -0.393 e. The van der Waals surface area contributed by atoms with Gasteiger partial charge in [-0.05, 0) is 30.0 Å². The lowest BCUT2D eigenvalue weighted by atomic mass is 9.93. The minimum absolute atomic E-state index is 0.00180. The normalized spacial score (nSPS) is 28.8. The third-order valence-corrected chi connectivity index (χ3v) is 5.67. The lowest BCUT2D eigenvalue weighted by molar-refractivity contribution is -0.143. The van der Waals surface area contributed by atoms with Gasteiger partial charge < -0.3 is 20.1 Å². The fourth-order valence-electron chi connectivity index (χ4n) is 4.35. The summed E-state index contributed by atoms with van der Waals surface area (Å²) in [5, 5.41) is 13.1. The van der Waals surface area contributed by atoms with Crippen LogP contribution in [0.3, 0.4) is 0 Å². The highest BCUT2D eigenvalue weighted by Crippen LogP contribution is 2.32. The summed E-state index contributed by atoms with van der Waals surface area (Å²) >= 11 is 0. The Hall–Kier alpha value is -1.92. The van der Waals surface area contributed by atoms with Crippen molar-refractivity contribution in [3.63, 3.8) is 0 Å². The number of aliphatic hydroxyl groups is 1. The van der Waals surface area contributed by atoms with Gasteiger partial charge in [-0.25, -0.2) is 0 Å². The third-order valence-electron chi connectivity index (χ3n) is 5.67. The van der Waals surface area contributed by atoms with Gasteiger partial charge in [-0.2, -0.15) is 0 Å². The Morgan fingerprint density at radius 1 is 1.36 bits per heavy atom. The van der Waals surface area contributed by atoms with Gasteiger partial charge in [0, 0.05) is 18.2 Å². The molecule has 25 heavy (non-hydrogen) atoms. The number of aliphatic hydroxyl groups excluding tert-OH is 1. The van der Waals surface area contributed by atoms with Gasteiger partial charge in [-0.3, -0.25) is 9.59 Å². The molecule has 1 saturated carbocycles. The Labute approximate surface area is 147 Å². The number of amides is 2. The summed E-state index contributed by atoms with van der Waals surface area (Å²) in [6.07, 6.45) is 3.15. The molecule has 6 heteroatoms. The quantitative estimate of drug-likeness (QED) is 0.861. The van der Waals surface area contributed by atoms with Crippen LogP contribution < -0.4 is 5.32 Å². The Kier molecular flexibility index (Phi) is 4.48. The summed E-state index contributed by atoms with van der Waals surface area (Å²) in [6, 6.07) is 5.72. The van der Waals surface area contributed by atoms with Crippen molar-refractivity contribution < 1.29 is 19.4 Å². The Bertz CT molecular complexity index is 690. The maximum absolute atomic E-state index is 12.9. The first-order valence-electron chi connectivity index (χ1n) is 9.09. The highest BCUT2D eigenvalue weighted by molar-refractivity contribution is 5.99. The molecule has 1 aromatic rings. The number of fused-ring (bicyclic) bond motifs is 1. The molecule has 1 saturated heterocycles. The third kappa shape index (κ3) is 3.28. The summed E-state index contributed by atoms with van der Waals surface area (Å²) in [6.45, 7) is 1.63. The molecule has 0 aromatic heterocycles. The molecule has 2 amide bonds. The second-order valence-electron chi connectivity index (χ2n) is 7.28. The van der Waals surface area contributed by atoms with E-state index < -0.39 is 0 Å². The van der Waals surface area contributed by atoms with Crippen LogP contribution in [0.15, 0.2) is 18.2 Å². The molecule has 2 heterocycles. The van der Waals surface area contributed by atoms with Gasteiger partial charge in [0.25, 0.3) is 0 Å². The first kappa shape index (κ1) is 16.5. The number of carbonyl (C=O) groups excluding carboxylic acids is 2. The van der Waals surface area contributed by atoms with Gasteiger partial charge in [-0.15, -0.1) is 0 Å².